The maximum atomic E-state index is 10.0. The van der Waals surface area contributed by atoms with Gasteiger partial charge in [0.05, 0.1) is 11.1 Å². The molecule has 0 bridgehead atoms. The Kier molecular flexibility index (Phi) is 2.07. The van der Waals surface area contributed by atoms with Crippen LogP contribution in [0.3, 0.4) is 0 Å². The Morgan fingerprint density at radius 1 is 0.737 bits per heavy atom. The first-order valence-corrected chi connectivity index (χ1v) is 5.43. The first kappa shape index (κ1) is 11.5. The maximum absolute atomic E-state index is 10.0. The summed E-state index contributed by atoms with van der Waals surface area (Å²) in [7, 11) is 2.57. The fourth-order valence-corrected chi connectivity index (χ4v) is 2.53. The highest BCUT2D eigenvalue weighted by Gasteiger charge is 2.38. The van der Waals surface area contributed by atoms with Crippen LogP contribution in [0.4, 0.5) is 0 Å². The highest BCUT2D eigenvalue weighted by molar-refractivity contribution is 5.88. The fraction of sp³-hybridized carbons (Fsp3) is 0.273. The van der Waals surface area contributed by atoms with Gasteiger partial charge >= 0.3 is 0 Å². The molecule has 1 aliphatic rings. The summed E-state index contributed by atoms with van der Waals surface area (Å²) in [6.45, 7) is 0. The second-order valence-electron chi connectivity index (χ2n) is 4.13. The summed E-state index contributed by atoms with van der Waals surface area (Å²) in [5.74, 6) is -1.24. The first-order chi connectivity index (χ1) is 9.02. The van der Waals surface area contributed by atoms with Gasteiger partial charge in [0.1, 0.15) is 14.2 Å². The number of fused-ring (bicyclic) bond motifs is 3. The zero-order chi connectivity index (χ0) is 13.9. The molecular weight excluding hydrogens is 256 g/mol. The van der Waals surface area contributed by atoms with Gasteiger partial charge in [0.15, 0.2) is 0 Å². The molecular formula is C11H12N2O6. The molecule has 0 saturated carbocycles. The van der Waals surface area contributed by atoms with Gasteiger partial charge in [-0.05, 0) is 0 Å². The van der Waals surface area contributed by atoms with Crippen LogP contribution in [-0.2, 0) is 6.42 Å². The van der Waals surface area contributed by atoms with Crippen LogP contribution in [0.1, 0.15) is 11.1 Å². The number of nitrogens with zero attached hydrogens (tertiary/aromatic N) is 2. The molecule has 8 nitrogen and oxygen atoms in total. The Morgan fingerprint density at radius 3 is 1.42 bits per heavy atom. The quantitative estimate of drug-likeness (QED) is 0.512. The normalized spacial score (nSPS) is 12.3. The molecule has 2 aromatic heterocycles. The van der Waals surface area contributed by atoms with Crippen LogP contribution >= 0.6 is 0 Å². The predicted molar refractivity (Wildman–Crippen MR) is 62.3 cm³/mol. The summed E-state index contributed by atoms with van der Waals surface area (Å²) >= 11 is 0. The van der Waals surface area contributed by atoms with E-state index in [1.165, 1.54) is 14.2 Å². The van der Waals surface area contributed by atoms with Gasteiger partial charge in [-0.1, -0.05) is 0 Å². The number of aromatic nitrogens is 2. The van der Waals surface area contributed by atoms with E-state index >= 15 is 0 Å². The molecule has 0 spiro atoms. The molecule has 102 valence electrons. The largest absolute Gasteiger partial charge is 0.492 e. The van der Waals surface area contributed by atoms with Gasteiger partial charge < -0.3 is 30.1 Å². The molecule has 0 fully saturated rings. The molecule has 0 saturated heterocycles. The van der Waals surface area contributed by atoms with E-state index in [0.717, 1.165) is 9.46 Å². The van der Waals surface area contributed by atoms with Gasteiger partial charge in [0, 0.05) is 17.5 Å². The second-order valence-corrected chi connectivity index (χ2v) is 4.13. The molecule has 4 N–H and O–H groups in total. The van der Waals surface area contributed by atoms with Crippen molar-refractivity contribution in [3.05, 3.63) is 11.1 Å². The van der Waals surface area contributed by atoms with Crippen LogP contribution in [-0.4, -0.2) is 44.1 Å². The first-order valence-electron chi connectivity index (χ1n) is 5.43. The summed E-state index contributed by atoms with van der Waals surface area (Å²) in [6, 6.07) is 0. The van der Waals surface area contributed by atoms with Crippen LogP contribution in [0.2, 0.25) is 0 Å². The monoisotopic (exact) mass is 268 g/mol. The summed E-state index contributed by atoms with van der Waals surface area (Å²) in [6.07, 6.45) is 0.149. The summed E-state index contributed by atoms with van der Waals surface area (Å²) in [5, 5.41) is 39.8. The molecule has 19 heavy (non-hydrogen) atoms. The molecule has 0 radical (unpaired) electrons. The van der Waals surface area contributed by atoms with Crippen LogP contribution in [0.15, 0.2) is 0 Å². The van der Waals surface area contributed by atoms with E-state index in [9.17, 15) is 20.4 Å². The lowest BCUT2D eigenvalue weighted by molar-refractivity contribution is 0.119. The number of hydrogen-bond acceptors (Lipinski definition) is 6. The van der Waals surface area contributed by atoms with E-state index in [0.29, 0.717) is 11.1 Å². The molecule has 8 heteroatoms. The van der Waals surface area contributed by atoms with Crippen molar-refractivity contribution >= 4 is 0 Å². The number of rotatable bonds is 2. The Labute approximate surface area is 107 Å². The van der Waals surface area contributed by atoms with Gasteiger partial charge in [0.25, 0.3) is 0 Å². The Balaban J connectivity index is 2.33. The topological polar surface area (TPSA) is 109 Å². The van der Waals surface area contributed by atoms with E-state index < -0.39 is 0 Å². The minimum absolute atomic E-state index is 0.149. The lowest BCUT2D eigenvalue weighted by Gasteiger charge is -2.04. The van der Waals surface area contributed by atoms with Crippen LogP contribution < -0.4 is 9.68 Å². The second kappa shape index (κ2) is 3.44. The van der Waals surface area contributed by atoms with Gasteiger partial charge in [-0.3, -0.25) is 0 Å². The number of aromatic hydroxyl groups is 4. The third-order valence-corrected chi connectivity index (χ3v) is 3.33. The molecule has 3 rings (SSSR count). The lowest BCUT2D eigenvalue weighted by Crippen LogP contribution is -2.04. The highest BCUT2D eigenvalue weighted by Crippen LogP contribution is 2.54. The molecule has 0 atom stereocenters. The fourth-order valence-electron chi connectivity index (χ4n) is 2.53. The van der Waals surface area contributed by atoms with E-state index in [2.05, 4.69) is 0 Å². The lowest BCUT2D eigenvalue weighted by atomic mass is 10.2. The van der Waals surface area contributed by atoms with E-state index in [1.807, 2.05) is 0 Å². The van der Waals surface area contributed by atoms with Gasteiger partial charge in [0.2, 0.25) is 23.5 Å². The summed E-state index contributed by atoms with van der Waals surface area (Å²) < 4.78 is 1.68. The van der Waals surface area contributed by atoms with Gasteiger partial charge in [-0.15, -0.1) is 9.46 Å². The maximum Gasteiger partial charge on any atom is 0.237 e. The van der Waals surface area contributed by atoms with E-state index in [4.69, 9.17) is 9.68 Å². The summed E-state index contributed by atoms with van der Waals surface area (Å²) in [4.78, 5) is 9.65. The molecule has 0 unspecified atom stereocenters. The minimum Gasteiger partial charge on any atom is -0.492 e. The van der Waals surface area contributed by atoms with Crippen LogP contribution in [0, 0.1) is 0 Å². The van der Waals surface area contributed by atoms with Gasteiger partial charge in [-0.2, -0.15) is 0 Å². The molecule has 2 heterocycles. The van der Waals surface area contributed by atoms with Crippen LogP contribution in [0.25, 0.3) is 11.1 Å². The predicted octanol–water partition coefficient (Wildman–Crippen LogP) is -0.200. The molecule has 0 aliphatic heterocycles. The standard InChI is InChI=1S/C11H12N2O6/c1-18-12-8(14)4-3-5-7(6(4)10(12)16)11(17)13(19-2)9(5)15/h14-17H,3H2,1-2H3. The van der Waals surface area contributed by atoms with Crippen molar-refractivity contribution in [2.45, 2.75) is 6.42 Å². The molecule has 0 aromatic carbocycles. The van der Waals surface area contributed by atoms with E-state index in [-0.39, 0.29) is 41.1 Å². The van der Waals surface area contributed by atoms with Crippen molar-refractivity contribution in [3.8, 4) is 34.6 Å². The van der Waals surface area contributed by atoms with Crippen molar-refractivity contribution in [3.63, 3.8) is 0 Å². The minimum atomic E-state index is -0.350. The molecule has 2 aromatic rings. The van der Waals surface area contributed by atoms with Crippen molar-refractivity contribution < 1.29 is 30.1 Å². The molecule has 1 aliphatic carbocycles. The zero-order valence-corrected chi connectivity index (χ0v) is 10.2. The SMILES string of the molecule is COn1c(O)c2c(c1O)-c1c(c(O)n(OC)c1O)C2. The van der Waals surface area contributed by atoms with Crippen LogP contribution in [0.5, 0.6) is 23.5 Å². The van der Waals surface area contributed by atoms with Crippen molar-refractivity contribution in [2.75, 3.05) is 14.2 Å². The zero-order valence-electron chi connectivity index (χ0n) is 10.2. The average Bonchev–Trinajstić information content (AvgIpc) is 2.94. The van der Waals surface area contributed by atoms with E-state index in [1.54, 1.807) is 0 Å². The van der Waals surface area contributed by atoms with Gasteiger partial charge in [-0.25, -0.2) is 0 Å². The highest BCUT2D eigenvalue weighted by atomic mass is 16.7. The Bertz CT molecular complexity index is 626. The Hall–Kier alpha value is -2.64. The van der Waals surface area contributed by atoms with Crippen molar-refractivity contribution in [1.29, 1.82) is 0 Å². The van der Waals surface area contributed by atoms with Crippen molar-refractivity contribution in [1.82, 2.24) is 9.46 Å². The number of hydrogen-bond donors (Lipinski definition) is 4. The Morgan fingerprint density at radius 2 is 1.11 bits per heavy atom. The average molecular weight is 268 g/mol. The third kappa shape index (κ3) is 1.13. The third-order valence-electron chi connectivity index (χ3n) is 3.33. The smallest absolute Gasteiger partial charge is 0.237 e. The molecule has 0 amide bonds. The van der Waals surface area contributed by atoms with Crippen molar-refractivity contribution in [2.24, 2.45) is 0 Å². The summed E-state index contributed by atoms with van der Waals surface area (Å²) in [5.41, 5.74) is 1.19.